The second-order valence-electron chi connectivity index (χ2n) is 4.26. The fraction of sp³-hybridized carbons (Fsp3) is 0.333. The number of anilines is 1. The Morgan fingerprint density at radius 1 is 1.40 bits per heavy atom. The Morgan fingerprint density at radius 3 is 3.00 bits per heavy atom. The highest BCUT2D eigenvalue weighted by molar-refractivity contribution is 5.91. The number of H-pyrrole nitrogens is 1. The van der Waals surface area contributed by atoms with Gasteiger partial charge in [0.2, 0.25) is 0 Å². The third-order valence-electron chi connectivity index (χ3n) is 2.91. The molecule has 1 aliphatic rings. The van der Waals surface area contributed by atoms with E-state index in [1.54, 1.807) is 0 Å². The summed E-state index contributed by atoms with van der Waals surface area (Å²) in [6.07, 6.45) is 2.64. The van der Waals surface area contributed by atoms with E-state index in [0.29, 0.717) is 0 Å². The first kappa shape index (κ1) is 8.80. The molecule has 3 nitrogen and oxygen atoms in total. The molecule has 3 heteroatoms. The van der Waals surface area contributed by atoms with Crippen molar-refractivity contribution >= 4 is 16.6 Å². The van der Waals surface area contributed by atoms with Gasteiger partial charge >= 0.3 is 0 Å². The molecule has 0 atom stereocenters. The Balaban J connectivity index is 1.88. The summed E-state index contributed by atoms with van der Waals surface area (Å²) in [5.74, 6) is 0. The average molecular weight is 201 g/mol. The van der Waals surface area contributed by atoms with Crippen LogP contribution in [0.15, 0.2) is 24.3 Å². The molecular weight excluding hydrogens is 186 g/mol. The molecule has 78 valence electrons. The zero-order valence-corrected chi connectivity index (χ0v) is 8.59. The van der Waals surface area contributed by atoms with Crippen LogP contribution in [0.3, 0.4) is 0 Å². The van der Waals surface area contributed by atoms with Gasteiger partial charge in [-0.3, -0.25) is 0 Å². The van der Waals surface area contributed by atoms with Gasteiger partial charge in [-0.1, -0.05) is 6.07 Å². The quantitative estimate of drug-likeness (QED) is 0.665. The van der Waals surface area contributed by atoms with Crippen LogP contribution in [0.1, 0.15) is 18.5 Å². The van der Waals surface area contributed by atoms with Gasteiger partial charge in [-0.25, -0.2) is 0 Å². The molecule has 1 aromatic carbocycles. The first-order valence-corrected chi connectivity index (χ1v) is 5.42. The third kappa shape index (κ3) is 1.70. The van der Waals surface area contributed by atoms with Gasteiger partial charge in [-0.2, -0.15) is 0 Å². The number of hydrogen-bond acceptors (Lipinski definition) is 2. The van der Waals surface area contributed by atoms with Crippen LogP contribution in [0.2, 0.25) is 0 Å². The Labute approximate surface area is 88.7 Å². The van der Waals surface area contributed by atoms with Gasteiger partial charge < -0.3 is 16.0 Å². The fourth-order valence-corrected chi connectivity index (χ4v) is 1.87. The van der Waals surface area contributed by atoms with E-state index in [1.807, 2.05) is 12.1 Å². The third-order valence-corrected chi connectivity index (χ3v) is 2.91. The maximum Gasteiger partial charge on any atom is 0.0477 e. The highest BCUT2D eigenvalue weighted by atomic mass is 15.0. The van der Waals surface area contributed by atoms with E-state index in [4.69, 9.17) is 5.73 Å². The molecule has 0 bridgehead atoms. The standard InChI is InChI=1S/C12H15N3/c13-11-2-1-3-12-10(11)6-9(15-12)7-14-8-4-5-8/h1-3,6,8,14-15H,4-5,7,13H2. The van der Waals surface area contributed by atoms with E-state index in [-0.39, 0.29) is 0 Å². The SMILES string of the molecule is Nc1cccc2[nH]c(CNC3CC3)cc12. The first-order chi connectivity index (χ1) is 7.33. The molecule has 0 saturated heterocycles. The lowest BCUT2D eigenvalue weighted by atomic mass is 10.2. The molecule has 0 spiro atoms. The fourth-order valence-electron chi connectivity index (χ4n) is 1.87. The number of benzene rings is 1. The molecule has 1 saturated carbocycles. The number of rotatable bonds is 3. The van der Waals surface area contributed by atoms with E-state index in [9.17, 15) is 0 Å². The van der Waals surface area contributed by atoms with Crippen LogP contribution in [0.4, 0.5) is 5.69 Å². The van der Waals surface area contributed by atoms with Gasteiger partial charge in [-0.05, 0) is 31.0 Å². The summed E-state index contributed by atoms with van der Waals surface area (Å²) in [5.41, 5.74) is 9.09. The van der Waals surface area contributed by atoms with Crippen LogP contribution in [-0.4, -0.2) is 11.0 Å². The number of aromatic amines is 1. The van der Waals surface area contributed by atoms with E-state index >= 15 is 0 Å². The maximum atomic E-state index is 5.90. The molecular formula is C12H15N3. The zero-order valence-electron chi connectivity index (χ0n) is 8.59. The number of nitrogens with one attached hydrogen (secondary N) is 2. The minimum absolute atomic E-state index is 0.744. The number of aromatic nitrogens is 1. The Bertz CT molecular complexity index is 483. The lowest BCUT2D eigenvalue weighted by molar-refractivity contribution is 0.678. The van der Waals surface area contributed by atoms with Crippen molar-refractivity contribution in [2.75, 3.05) is 5.73 Å². The van der Waals surface area contributed by atoms with Crippen LogP contribution in [0, 0.1) is 0 Å². The van der Waals surface area contributed by atoms with Gasteiger partial charge in [0.05, 0.1) is 0 Å². The molecule has 0 amide bonds. The molecule has 1 heterocycles. The van der Waals surface area contributed by atoms with Gasteiger partial charge in [0, 0.05) is 34.9 Å². The predicted octanol–water partition coefficient (Wildman–Crippen LogP) is 2.00. The van der Waals surface area contributed by atoms with Gasteiger partial charge in [0.25, 0.3) is 0 Å². The van der Waals surface area contributed by atoms with Gasteiger partial charge in [0.15, 0.2) is 0 Å². The summed E-state index contributed by atoms with van der Waals surface area (Å²) < 4.78 is 0. The maximum absolute atomic E-state index is 5.90. The van der Waals surface area contributed by atoms with Crippen LogP contribution < -0.4 is 11.1 Å². The molecule has 3 rings (SSSR count). The van der Waals surface area contributed by atoms with Crippen molar-refractivity contribution < 1.29 is 0 Å². The highest BCUT2D eigenvalue weighted by Gasteiger charge is 2.20. The summed E-state index contributed by atoms with van der Waals surface area (Å²) in [4.78, 5) is 3.38. The van der Waals surface area contributed by atoms with Crippen molar-refractivity contribution in [3.63, 3.8) is 0 Å². The van der Waals surface area contributed by atoms with E-state index in [2.05, 4.69) is 22.4 Å². The molecule has 2 aromatic rings. The molecule has 1 fully saturated rings. The number of hydrogen-bond donors (Lipinski definition) is 3. The van der Waals surface area contributed by atoms with Crippen molar-refractivity contribution in [3.8, 4) is 0 Å². The Kier molecular flexibility index (Phi) is 1.92. The first-order valence-electron chi connectivity index (χ1n) is 5.42. The normalized spacial score (nSPS) is 16.0. The van der Waals surface area contributed by atoms with Gasteiger partial charge in [-0.15, -0.1) is 0 Å². The van der Waals surface area contributed by atoms with Crippen molar-refractivity contribution in [2.24, 2.45) is 0 Å². The van der Waals surface area contributed by atoms with Crippen molar-refractivity contribution in [2.45, 2.75) is 25.4 Å². The molecule has 0 aliphatic heterocycles. The van der Waals surface area contributed by atoms with E-state index < -0.39 is 0 Å². The number of nitrogens with two attached hydrogens (primary N) is 1. The van der Waals surface area contributed by atoms with Crippen LogP contribution in [0.25, 0.3) is 10.9 Å². The van der Waals surface area contributed by atoms with Crippen LogP contribution >= 0.6 is 0 Å². The van der Waals surface area contributed by atoms with Crippen LogP contribution in [0.5, 0.6) is 0 Å². The molecule has 1 aliphatic carbocycles. The molecule has 15 heavy (non-hydrogen) atoms. The largest absolute Gasteiger partial charge is 0.398 e. The minimum atomic E-state index is 0.744. The monoisotopic (exact) mass is 201 g/mol. The van der Waals surface area contributed by atoms with Crippen molar-refractivity contribution in [1.29, 1.82) is 0 Å². The summed E-state index contributed by atoms with van der Waals surface area (Å²) in [7, 11) is 0. The summed E-state index contributed by atoms with van der Waals surface area (Å²) in [6.45, 7) is 0.915. The van der Waals surface area contributed by atoms with E-state index in [0.717, 1.165) is 29.2 Å². The average Bonchev–Trinajstić information content (AvgIpc) is 2.95. The lowest BCUT2D eigenvalue weighted by Crippen LogP contribution is -2.15. The summed E-state index contributed by atoms with van der Waals surface area (Å²) in [6, 6.07) is 8.86. The Hall–Kier alpha value is -1.48. The minimum Gasteiger partial charge on any atom is -0.398 e. The summed E-state index contributed by atoms with van der Waals surface area (Å²) >= 11 is 0. The molecule has 0 unspecified atom stereocenters. The predicted molar refractivity (Wildman–Crippen MR) is 62.6 cm³/mol. The van der Waals surface area contributed by atoms with Crippen molar-refractivity contribution in [1.82, 2.24) is 10.3 Å². The second kappa shape index (κ2) is 3.28. The van der Waals surface area contributed by atoms with E-state index in [1.165, 1.54) is 18.5 Å². The zero-order chi connectivity index (χ0) is 10.3. The molecule has 1 aromatic heterocycles. The molecule has 4 N–H and O–H groups in total. The van der Waals surface area contributed by atoms with Gasteiger partial charge in [0.1, 0.15) is 0 Å². The van der Waals surface area contributed by atoms with Crippen molar-refractivity contribution in [3.05, 3.63) is 30.0 Å². The lowest BCUT2D eigenvalue weighted by Gasteiger charge is -1.98. The number of nitrogen functional groups attached to an aromatic ring is 1. The Morgan fingerprint density at radius 2 is 2.27 bits per heavy atom. The number of fused-ring (bicyclic) bond motifs is 1. The topological polar surface area (TPSA) is 53.8 Å². The summed E-state index contributed by atoms with van der Waals surface area (Å²) in [5, 5.41) is 4.61. The van der Waals surface area contributed by atoms with Crippen LogP contribution in [-0.2, 0) is 6.54 Å². The smallest absolute Gasteiger partial charge is 0.0477 e. The molecule has 0 radical (unpaired) electrons. The second-order valence-corrected chi connectivity index (χ2v) is 4.26. The highest BCUT2D eigenvalue weighted by Crippen LogP contribution is 2.23.